The number of nitrogens with two attached hydrogens (primary N) is 2. The van der Waals surface area contributed by atoms with Crippen molar-refractivity contribution in [3.63, 3.8) is 0 Å². The molecule has 0 heterocycles. The van der Waals surface area contributed by atoms with Crippen LogP contribution in [0, 0.1) is 0 Å². The van der Waals surface area contributed by atoms with Gasteiger partial charge in [-0.1, -0.05) is 26.8 Å². The first-order valence-electron chi connectivity index (χ1n) is 5.27. The monoisotopic (exact) mass is 192 g/mol. The Bertz CT molecular complexity index is 318. The standard InChI is InChI=1S/C12H20N2/c1-4-8(3)10-6-9(5-2)11(13)7-12(10)14/h6-8H,4-5,13-14H2,1-3H3. The van der Waals surface area contributed by atoms with E-state index in [1.54, 1.807) is 0 Å². The number of aryl methyl sites for hydroxylation is 1. The van der Waals surface area contributed by atoms with E-state index < -0.39 is 0 Å². The van der Waals surface area contributed by atoms with Gasteiger partial charge in [-0.05, 0) is 36.0 Å². The molecule has 0 bridgehead atoms. The third kappa shape index (κ3) is 2.00. The molecule has 2 heteroatoms. The molecule has 0 aliphatic heterocycles. The molecule has 0 radical (unpaired) electrons. The smallest absolute Gasteiger partial charge is 0.0370 e. The molecular weight excluding hydrogens is 172 g/mol. The molecule has 1 unspecified atom stereocenters. The second-order valence-electron chi connectivity index (χ2n) is 3.84. The Hall–Kier alpha value is -1.18. The van der Waals surface area contributed by atoms with Crippen molar-refractivity contribution in [2.45, 2.75) is 39.5 Å². The molecule has 0 spiro atoms. The molecule has 2 nitrogen and oxygen atoms in total. The van der Waals surface area contributed by atoms with Gasteiger partial charge in [-0.3, -0.25) is 0 Å². The number of nitrogen functional groups attached to an aromatic ring is 2. The zero-order chi connectivity index (χ0) is 10.7. The molecule has 4 N–H and O–H groups in total. The van der Waals surface area contributed by atoms with Crippen molar-refractivity contribution in [2.24, 2.45) is 0 Å². The number of hydrogen-bond donors (Lipinski definition) is 2. The Kier molecular flexibility index (Phi) is 3.39. The minimum atomic E-state index is 0.515. The molecule has 0 saturated heterocycles. The second kappa shape index (κ2) is 4.36. The predicted molar refractivity (Wildman–Crippen MR) is 63.4 cm³/mol. The topological polar surface area (TPSA) is 52.0 Å². The summed E-state index contributed by atoms with van der Waals surface area (Å²) in [6.07, 6.45) is 2.08. The Morgan fingerprint density at radius 2 is 1.79 bits per heavy atom. The van der Waals surface area contributed by atoms with E-state index in [9.17, 15) is 0 Å². The summed E-state index contributed by atoms with van der Waals surface area (Å²) < 4.78 is 0. The van der Waals surface area contributed by atoms with Crippen molar-refractivity contribution in [3.05, 3.63) is 23.3 Å². The van der Waals surface area contributed by atoms with Gasteiger partial charge in [0.1, 0.15) is 0 Å². The fourth-order valence-corrected chi connectivity index (χ4v) is 1.65. The molecule has 0 fully saturated rings. The first-order valence-corrected chi connectivity index (χ1v) is 5.27. The van der Waals surface area contributed by atoms with Crippen LogP contribution in [0.1, 0.15) is 44.2 Å². The predicted octanol–water partition coefficient (Wildman–Crippen LogP) is 2.93. The van der Waals surface area contributed by atoms with Crippen LogP contribution in [-0.4, -0.2) is 0 Å². The zero-order valence-electron chi connectivity index (χ0n) is 9.30. The maximum absolute atomic E-state index is 5.94. The summed E-state index contributed by atoms with van der Waals surface area (Å²) in [5, 5.41) is 0. The second-order valence-corrected chi connectivity index (χ2v) is 3.84. The van der Waals surface area contributed by atoms with Gasteiger partial charge >= 0.3 is 0 Å². The van der Waals surface area contributed by atoms with E-state index in [0.29, 0.717) is 5.92 Å². The van der Waals surface area contributed by atoms with Crippen LogP contribution < -0.4 is 11.5 Å². The maximum Gasteiger partial charge on any atom is 0.0370 e. The molecule has 1 rings (SSSR count). The SMILES string of the molecule is CCc1cc(C(C)CC)c(N)cc1N. The van der Waals surface area contributed by atoms with Gasteiger partial charge in [-0.15, -0.1) is 0 Å². The molecule has 1 aromatic rings. The van der Waals surface area contributed by atoms with Crippen LogP contribution in [0.4, 0.5) is 11.4 Å². The van der Waals surface area contributed by atoms with E-state index in [1.807, 2.05) is 6.07 Å². The molecule has 0 aliphatic carbocycles. The molecule has 14 heavy (non-hydrogen) atoms. The van der Waals surface area contributed by atoms with Gasteiger partial charge < -0.3 is 11.5 Å². The Morgan fingerprint density at radius 3 is 2.29 bits per heavy atom. The molecule has 0 aliphatic rings. The largest absolute Gasteiger partial charge is 0.398 e. The van der Waals surface area contributed by atoms with E-state index in [4.69, 9.17) is 11.5 Å². The summed E-state index contributed by atoms with van der Waals surface area (Å²) in [5.74, 6) is 0.515. The van der Waals surface area contributed by atoms with E-state index in [0.717, 1.165) is 24.2 Å². The lowest BCUT2D eigenvalue weighted by Gasteiger charge is -2.15. The fraction of sp³-hybridized carbons (Fsp3) is 0.500. The van der Waals surface area contributed by atoms with E-state index >= 15 is 0 Å². The summed E-state index contributed by atoms with van der Waals surface area (Å²) >= 11 is 0. The molecular formula is C12H20N2. The average molecular weight is 192 g/mol. The minimum Gasteiger partial charge on any atom is -0.398 e. The highest BCUT2D eigenvalue weighted by atomic mass is 14.6. The zero-order valence-corrected chi connectivity index (χ0v) is 9.30. The molecule has 78 valence electrons. The molecule has 0 saturated carbocycles. The van der Waals surface area contributed by atoms with Crippen LogP contribution in [0.25, 0.3) is 0 Å². The summed E-state index contributed by atoms with van der Waals surface area (Å²) in [4.78, 5) is 0. The lowest BCUT2D eigenvalue weighted by Crippen LogP contribution is -2.03. The lowest BCUT2D eigenvalue weighted by atomic mass is 9.93. The normalized spacial score (nSPS) is 12.8. The number of anilines is 2. The molecule has 0 aromatic heterocycles. The van der Waals surface area contributed by atoms with Crippen LogP contribution in [0.3, 0.4) is 0 Å². The van der Waals surface area contributed by atoms with Crippen molar-refractivity contribution in [2.75, 3.05) is 11.5 Å². The van der Waals surface area contributed by atoms with Crippen LogP contribution in [0.2, 0.25) is 0 Å². The first-order chi connectivity index (χ1) is 6.60. The Labute approximate surface area is 86.3 Å². The highest BCUT2D eigenvalue weighted by Gasteiger charge is 2.09. The van der Waals surface area contributed by atoms with Crippen molar-refractivity contribution in [1.29, 1.82) is 0 Å². The third-order valence-corrected chi connectivity index (χ3v) is 2.87. The number of rotatable bonds is 3. The quantitative estimate of drug-likeness (QED) is 0.723. The fourth-order valence-electron chi connectivity index (χ4n) is 1.65. The molecule has 0 amide bonds. The van der Waals surface area contributed by atoms with Crippen molar-refractivity contribution >= 4 is 11.4 Å². The van der Waals surface area contributed by atoms with Crippen LogP contribution >= 0.6 is 0 Å². The van der Waals surface area contributed by atoms with Gasteiger partial charge in [-0.25, -0.2) is 0 Å². The summed E-state index contributed by atoms with van der Waals surface area (Å²) in [6, 6.07) is 4.04. The summed E-state index contributed by atoms with van der Waals surface area (Å²) in [6.45, 7) is 6.48. The first kappa shape index (κ1) is 10.9. The highest BCUT2D eigenvalue weighted by Crippen LogP contribution is 2.29. The number of benzene rings is 1. The number of hydrogen-bond acceptors (Lipinski definition) is 2. The molecule has 1 atom stereocenters. The van der Waals surface area contributed by atoms with Gasteiger partial charge in [0.15, 0.2) is 0 Å². The van der Waals surface area contributed by atoms with E-state index in [-0.39, 0.29) is 0 Å². The highest BCUT2D eigenvalue weighted by molar-refractivity contribution is 5.62. The third-order valence-electron chi connectivity index (χ3n) is 2.87. The van der Waals surface area contributed by atoms with Crippen molar-refractivity contribution in [1.82, 2.24) is 0 Å². The van der Waals surface area contributed by atoms with Crippen molar-refractivity contribution < 1.29 is 0 Å². The van der Waals surface area contributed by atoms with Crippen LogP contribution in [-0.2, 0) is 6.42 Å². The molecule has 1 aromatic carbocycles. The van der Waals surface area contributed by atoms with Gasteiger partial charge in [0, 0.05) is 11.4 Å². The van der Waals surface area contributed by atoms with E-state index in [1.165, 1.54) is 11.1 Å². The van der Waals surface area contributed by atoms with Crippen molar-refractivity contribution in [3.8, 4) is 0 Å². The Balaban J connectivity index is 3.17. The Morgan fingerprint density at radius 1 is 1.14 bits per heavy atom. The van der Waals surface area contributed by atoms with E-state index in [2.05, 4.69) is 26.8 Å². The van der Waals surface area contributed by atoms with Crippen LogP contribution in [0.15, 0.2) is 12.1 Å². The minimum absolute atomic E-state index is 0.515. The summed E-state index contributed by atoms with van der Waals surface area (Å²) in [5.41, 5.74) is 15.9. The lowest BCUT2D eigenvalue weighted by molar-refractivity contribution is 0.734. The van der Waals surface area contributed by atoms with Gasteiger partial charge in [0.05, 0.1) is 0 Å². The van der Waals surface area contributed by atoms with Gasteiger partial charge in [0.25, 0.3) is 0 Å². The van der Waals surface area contributed by atoms with Gasteiger partial charge in [0.2, 0.25) is 0 Å². The average Bonchev–Trinajstić information content (AvgIpc) is 2.17. The van der Waals surface area contributed by atoms with Crippen LogP contribution in [0.5, 0.6) is 0 Å². The maximum atomic E-state index is 5.94. The van der Waals surface area contributed by atoms with Gasteiger partial charge in [-0.2, -0.15) is 0 Å². The summed E-state index contributed by atoms with van der Waals surface area (Å²) in [7, 11) is 0.